The normalized spacial score (nSPS) is 11.3. The second-order valence-corrected chi connectivity index (χ2v) is 5.19. The van der Waals surface area contributed by atoms with Crippen molar-refractivity contribution in [3.63, 3.8) is 0 Å². The van der Waals surface area contributed by atoms with Crippen molar-refractivity contribution in [2.75, 3.05) is 0 Å². The van der Waals surface area contributed by atoms with E-state index in [0.717, 1.165) is 18.4 Å². The van der Waals surface area contributed by atoms with Gasteiger partial charge in [-0.25, -0.2) is 0 Å². The van der Waals surface area contributed by atoms with Crippen LogP contribution in [0.3, 0.4) is 0 Å². The minimum Gasteiger partial charge on any atom is -0.411 e. The summed E-state index contributed by atoms with van der Waals surface area (Å²) in [5.74, 6) is 0. The maximum atomic E-state index is 8.73. The van der Waals surface area contributed by atoms with Gasteiger partial charge in [0.15, 0.2) is 0 Å². The number of rotatable bonds is 9. The van der Waals surface area contributed by atoms with Crippen LogP contribution in [0.25, 0.3) is 0 Å². The van der Waals surface area contributed by atoms with Crippen LogP contribution in [0.1, 0.15) is 69.1 Å². The summed E-state index contributed by atoms with van der Waals surface area (Å²) in [6.07, 6.45) is 11.3. The average Bonchev–Trinajstić information content (AvgIpc) is 2.42. The molecule has 106 valence electrons. The maximum absolute atomic E-state index is 8.73. The summed E-state index contributed by atoms with van der Waals surface area (Å²) >= 11 is 0. The highest BCUT2D eigenvalue weighted by molar-refractivity contribution is 5.81. The molecular weight excluding hydrogens is 234 g/mol. The minimum absolute atomic E-state index is 1.05. The number of nitrogens with zero attached hydrogens (tertiary/aromatic N) is 1. The van der Waals surface area contributed by atoms with Crippen LogP contribution in [0.15, 0.2) is 23.4 Å². The van der Waals surface area contributed by atoms with Crippen LogP contribution in [0.2, 0.25) is 0 Å². The van der Waals surface area contributed by atoms with Crippen LogP contribution >= 0.6 is 0 Å². The van der Waals surface area contributed by atoms with E-state index in [9.17, 15) is 0 Å². The van der Waals surface area contributed by atoms with Crippen LogP contribution in [-0.4, -0.2) is 11.4 Å². The van der Waals surface area contributed by atoms with Crippen LogP contribution < -0.4 is 0 Å². The molecule has 0 aliphatic rings. The number of hydrogen-bond acceptors (Lipinski definition) is 2. The largest absolute Gasteiger partial charge is 0.411 e. The molecule has 0 aromatic heterocycles. The number of benzene rings is 1. The predicted molar refractivity (Wildman–Crippen MR) is 82.3 cm³/mol. The zero-order chi connectivity index (χ0) is 13.9. The lowest BCUT2D eigenvalue weighted by Crippen LogP contribution is -1.97. The molecule has 0 heterocycles. The Hall–Kier alpha value is -1.31. The monoisotopic (exact) mass is 261 g/mol. The lowest BCUT2D eigenvalue weighted by atomic mass is 9.97. The van der Waals surface area contributed by atoms with Crippen molar-refractivity contribution in [1.29, 1.82) is 0 Å². The van der Waals surface area contributed by atoms with E-state index in [1.165, 1.54) is 49.7 Å². The van der Waals surface area contributed by atoms with E-state index in [-0.39, 0.29) is 0 Å². The zero-order valence-electron chi connectivity index (χ0n) is 12.4. The molecule has 0 atom stereocenters. The Labute approximate surface area is 117 Å². The van der Waals surface area contributed by atoms with E-state index in [0.29, 0.717) is 0 Å². The fourth-order valence-corrected chi connectivity index (χ4v) is 2.36. The molecule has 0 fully saturated rings. The van der Waals surface area contributed by atoms with Gasteiger partial charge in [-0.1, -0.05) is 62.9 Å². The highest BCUT2D eigenvalue weighted by Crippen LogP contribution is 2.16. The molecule has 1 N–H and O–H groups in total. The standard InChI is InChI=1S/C17H27NO/c1-3-5-7-9-15-11-12-17(14-18-19)16(13-15)10-8-6-4-2/h11-14,19H,3-10H2,1-2H3. The Morgan fingerprint density at radius 1 is 1.00 bits per heavy atom. The summed E-state index contributed by atoms with van der Waals surface area (Å²) in [6.45, 7) is 4.45. The second-order valence-electron chi connectivity index (χ2n) is 5.19. The van der Waals surface area contributed by atoms with Crippen LogP contribution in [0.4, 0.5) is 0 Å². The molecule has 0 spiro atoms. The Bertz CT molecular complexity index is 385. The highest BCUT2D eigenvalue weighted by atomic mass is 16.4. The summed E-state index contributed by atoms with van der Waals surface area (Å²) < 4.78 is 0. The highest BCUT2D eigenvalue weighted by Gasteiger charge is 2.03. The Balaban J connectivity index is 2.72. The fourth-order valence-electron chi connectivity index (χ4n) is 2.36. The first-order chi connectivity index (χ1) is 9.31. The van der Waals surface area contributed by atoms with E-state index < -0.39 is 0 Å². The summed E-state index contributed by atoms with van der Waals surface area (Å²) in [5, 5.41) is 11.9. The molecule has 0 amide bonds. The van der Waals surface area contributed by atoms with Crippen molar-refractivity contribution >= 4 is 6.21 Å². The molecule has 0 saturated carbocycles. The van der Waals surface area contributed by atoms with Gasteiger partial charge >= 0.3 is 0 Å². The van der Waals surface area contributed by atoms with Gasteiger partial charge in [-0.05, 0) is 42.4 Å². The van der Waals surface area contributed by atoms with Crippen molar-refractivity contribution in [3.05, 3.63) is 34.9 Å². The third-order valence-electron chi connectivity index (χ3n) is 3.52. The number of unbranched alkanes of at least 4 members (excludes halogenated alkanes) is 4. The van der Waals surface area contributed by atoms with Gasteiger partial charge in [0, 0.05) is 0 Å². The van der Waals surface area contributed by atoms with Gasteiger partial charge < -0.3 is 5.21 Å². The summed E-state index contributed by atoms with van der Waals surface area (Å²) in [5.41, 5.74) is 3.79. The molecule has 2 heteroatoms. The third-order valence-corrected chi connectivity index (χ3v) is 3.52. The first-order valence-corrected chi connectivity index (χ1v) is 7.61. The molecule has 0 bridgehead atoms. The summed E-state index contributed by atoms with van der Waals surface area (Å²) in [4.78, 5) is 0. The van der Waals surface area contributed by atoms with E-state index >= 15 is 0 Å². The predicted octanol–water partition coefficient (Wildman–Crippen LogP) is 4.96. The molecule has 1 aromatic carbocycles. The minimum atomic E-state index is 1.05. The topological polar surface area (TPSA) is 32.6 Å². The van der Waals surface area contributed by atoms with Gasteiger partial charge in [-0.3, -0.25) is 0 Å². The second kappa shape index (κ2) is 9.60. The van der Waals surface area contributed by atoms with Crippen molar-refractivity contribution in [1.82, 2.24) is 0 Å². The smallest absolute Gasteiger partial charge is 0.0736 e. The number of aryl methyl sites for hydroxylation is 2. The van der Waals surface area contributed by atoms with Crippen molar-refractivity contribution in [2.45, 2.75) is 65.2 Å². The average molecular weight is 261 g/mol. The zero-order valence-corrected chi connectivity index (χ0v) is 12.4. The first-order valence-electron chi connectivity index (χ1n) is 7.61. The number of oxime groups is 1. The molecule has 0 aliphatic heterocycles. The van der Waals surface area contributed by atoms with Gasteiger partial charge in [-0.15, -0.1) is 0 Å². The molecule has 0 saturated heterocycles. The number of hydrogen-bond donors (Lipinski definition) is 1. The van der Waals surface area contributed by atoms with Crippen molar-refractivity contribution in [2.24, 2.45) is 5.16 Å². The van der Waals surface area contributed by atoms with Crippen LogP contribution in [0.5, 0.6) is 0 Å². The van der Waals surface area contributed by atoms with Crippen molar-refractivity contribution < 1.29 is 5.21 Å². The Morgan fingerprint density at radius 3 is 2.32 bits per heavy atom. The van der Waals surface area contributed by atoms with Gasteiger partial charge in [0.25, 0.3) is 0 Å². The van der Waals surface area contributed by atoms with E-state index in [4.69, 9.17) is 5.21 Å². The van der Waals surface area contributed by atoms with Gasteiger partial charge in [0.1, 0.15) is 0 Å². The molecule has 0 unspecified atom stereocenters. The molecule has 1 aromatic rings. The van der Waals surface area contributed by atoms with E-state index in [1.807, 2.05) is 0 Å². The first kappa shape index (κ1) is 15.7. The van der Waals surface area contributed by atoms with Crippen LogP contribution in [0, 0.1) is 0 Å². The SMILES string of the molecule is CCCCCc1ccc(C=NO)c(CCCCC)c1. The third kappa shape index (κ3) is 5.91. The molecule has 2 nitrogen and oxygen atoms in total. The summed E-state index contributed by atoms with van der Waals surface area (Å²) in [7, 11) is 0. The Kier molecular flexibility index (Phi) is 7.95. The lowest BCUT2D eigenvalue weighted by molar-refractivity contribution is 0.322. The van der Waals surface area contributed by atoms with Gasteiger partial charge in [-0.2, -0.15) is 0 Å². The van der Waals surface area contributed by atoms with Crippen LogP contribution in [-0.2, 0) is 12.8 Å². The molecule has 1 rings (SSSR count). The van der Waals surface area contributed by atoms with Gasteiger partial charge in [0.05, 0.1) is 6.21 Å². The quantitative estimate of drug-likeness (QED) is 0.290. The maximum Gasteiger partial charge on any atom is 0.0736 e. The molecule has 0 radical (unpaired) electrons. The molecule has 19 heavy (non-hydrogen) atoms. The van der Waals surface area contributed by atoms with Crippen molar-refractivity contribution in [3.8, 4) is 0 Å². The summed E-state index contributed by atoms with van der Waals surface area (Å²) in [6, 6.07) is 6.54. The molecule has 0 aliphatic carbocycles. The lowest BCUT2D eigenvalue weighted by Gasteiger charge is -2.09. The fraction of sp³-hybridized carbons (Fsp3) is 0.588. The van der Waals surface area contributed by atoms with Gasteiger partial charge in [0.2, 0.25) is 0 Å². The van der Waals surface area contributed by atoms with E-state index in [2.05, 4.69) is 37.2 Å². The molecular formula is C17H27NO. The van der Waals surface area contributed by atoms with E-state index in [1.54, 1.807) is 6.21 Å². The Morgan fingerprint density at radius 2 is 1.68 bits per heavy atom.